The van der Waals surface area contributed by atoms with Crippen LogP contribution in [0.3, 0.4) is 0 Å². The van der Waals surface area contributed by atoms with Crippen LogP contribution in [0.5, 0.6) is 5.75 Å². The topological polar surface area (TPSA) is 42.2 Å². The summed E-state index contributed by atoms with van der Waals surface area (Å²) in [4.78, 5) is 11.9. The lowest BCUT2D eigenvalue weighted by atomic mass is 10.2. The Kier molecular flexibility index (Phi) is 2.58. The Morgan fingerprint density at radius 3 is 2.83 bits per heavy atom. The highest BCUT2D eigenvalue weighted by atomic mass is 19.1. The highest BCUT2D eigenvalue weighted by molar-refractivity contribution is 5.85. The van der Waals surface area contributed by atoms with Gasteiger partial charge in [-0.25, -0.2) is 4.39 Å². The van der Waals surface area contributed by atoms with E-state index in [1.807, 2.05) is 0 Å². The van der Waals surface area contributed by atoms with E-state index in [9.17, 15) is 14.3 Å². The zero-order valence-corrected chi connectivity index (χ0v) is 9.90. The Labute approximate surface area is 103 Å². The van der Waals surface area contributed by atoms with Crippen LogP contribution in [0.2, 0.25) is 0 Å². The maximum absolute atomic E-state index is 13.2. The molecule has 4 heteroatoms. The predicted molar refractivity (Wildman–Crippen MR) is 67.2 cm³/mol. The molecule has 1 saturated carbocycles. The van der Waals surface area contributed by atoms with E-state index in [-0.39, 0.29) is 11.3 Å². The van der Waals surface area contributed by atoms with Crippen molar-refractivity contribution in [2.75, 3.05) is 0 Å². The van der Waals surface area contributed by atoms with E-state index in [2.05, 4.69) is 0 Å². The largest absolute Gasteiger partial charge is 0.507 e. The molecule has 1 aromatic carbocycles. The standard InChI is InChI=1S/C14H14FNO2/c15-10-3-4-12-11(7-10)13(17)8-14(18)16(12)6-5-9-1-2-9/h3-4,7-9,17H,1-2,5-6H2. The Morgan fingerprint density at radius 2 is 2.11 bits per heavy atom. The third-order valence-corrected chi connectivity index (χ3v) is 3.51. The normalized spacial score (nSPS) is 15.2. The highest BCUT2D eigenvalue weighted by Crippen LogP contribution is 2.33. The third kappa shape index (κ3) is 1.98. The zero-order chi connectivity index (χ0) is 12.7. The zero-order valence-electron chi connectivity index (χ0n) is 9.90. The number of aryl methyl sites for hydroxylation is 1. The first kappa shape index (κ1) is 11.3. The summed E-state index contributed by atoms with van der Waals surface area (Å²) in [5, 5.41) is 10.1. The number of pyridine rings is 1. The Balaban J connectivity index is 2.12. The molecule has 0 saturated heterocycles. The van der Waals surface area contributed by atoms with Crippen molar-refractivity contribution in [1.29, 1.82) is 0 Å². The van der Waals surface area contributed by atoms with Gasteiger partial charge in [0, 0.05) is 18.0 Å². The monoisotopic (exact) mass is 247 g/mol. The maximum Gasteiger partial charge on any atom is 0.254 e. The van der Waals surface area contributed by atoms with Crippen molar-refractivity contribution in [1.82, 2.24) is 4.57 Å². The predicted octanol–water partition coefficient (Wildman–Crippen LogP) is 2.65. The van der Waals surface area contributed by atoms with Crippen LogP contribution < -0.4 is 5.56 Å². The fourth-order valence-corrected chi connectivity index (χ4v) is 2.29. The summed E-state index contributed by atoms with van der Waals surface area (Å²) >= 11 is 0. The van der Waals surface area contributed by atoms with E-state index in [0.29, 0.717) is 17.4 Å². The summed E-state index contributed by atoms with van der Waals surface area (Å²) < 4.78 is 14.8. The fourth-order valence-electron chi connectivity index (χ4n) is 2.29. The summed E-state index contributed by atoms with van der Waals surface area (Å²) in [6.07, 6.45) is 3.44. The number of aromatic hydroxyl groups is 1. The summed E-state index contributed by atoms with van der Waals surface area (Å²) in [7, 11) is 0. The average molecular weight is 247 g/mol. The van der Waals surface area contributed by atoms with E-state index >= 15 is 0 Å². The van der Waals surface area contributed by atoms with Gasteiger partial charge in [-0.3, -0.25) is 4.79 Å². The molecule has 3 rings (SSSR count). The van der Waals surface area contributed by atoms with Gasteiger partial charge in [-0.15, -0.1) is 0 Å². The summed E-state index contributed by atoms with van der Waals surface area (Å²) in [6.45, 7) is 0.631. The van der Waals surface area contributed by atoms with Gasteiger partial charge in [0.15, 0.2) is 0 Å². The third-order valence-electron chi connectivity index (χ3n) is 3.51. The van der Waals surface area contributed by atoms with Crippen LogP contribution in [0.15, 0.2) is 29.1 Å². The minimum atomic E-state index is -0.412. The van der Waals surface area contributed by atoms with Gasteiger partial charge >= 0.3 is 0 Å². The average Bonchev–Trinajstić information content (AvgIpc) is 3.13. The molecule has 2 aromatic rings. The van der Waals surface area contributed by atoms with Crippen LogP contribution in [0.4, 0.5) is 4.39 Å². The van der Waals surface area contributed by atoms with Crippen molar-refractivity contribution in [3.05, 3.63) is 40.4 Å². The first-order chi connectivity index (χ1) is 8.65. The van der Waals surface area contributed by atoms with Gasteiger partial charge in [-0.2, -0.15) is 0 Å². The second kappa shape index (κ2) is 4.12. The molecule has 0 radical (unpaired) electrons. The number of nitrogens with zero attached hydrogens (tertiary/aromatic N) is 1. The second-order valence-corrected chi connectivity index (χ2v) is 4.91. The molecule has 0 unspecified atom stereocenters. The van der Waals surface area contributed by atoms with Crippen LogP contribution >= 0.6 is 0 Å². The van der Waals surface area contributed by atoms with Crippen molar-refractivity contribution >= 4 is 10.9 Å². The SMILES string of the molecule is O=c1cc(O)c2cc(F)ccc2n1CCC1CC1. The molecule has 3 nitrogen and oxygen atoms in total. The van der Waals surface area contributed by atoms with Crippen molar-refractivity contribution < 1.29 is 9.50 Å². The van der Waals surface area contributed by atoms with Gasteiger partial charge < -0.3 is 9.67 Å². The molecule has 0 aliphatic heterocycles. The first-order valence-corrected chi connectivity index (χ1v) is 6.17. The summed E-state index contributed by atoms with van der Waals surface area (Å²) in [5.41, 5.74) is 0.370. The van der Waals surface area contributed by atoms with Crippen molar-refractivity contribution in [3.8, 4) is 5.75 Å². The van der Waals surface area contributed by atoms with Gasteiger partial charge in [0.05, 0.1) is 5.52 Å². The lowest BCUT2D eigenvalue weighted by Gasteiger charge is -2.11. The first-order valence-electron chi connectivity index (χ1n) is 6.17. The number of hydrogen-bond donors (Lipinski definition) is 1. The van der Waals surface area contributed by atoms with Crippen LogP contribution in [0, 0.1) is 11.7 Å². The molecule has 18 heavy (non-hydrogen) atoms. The van der Waals surface area contributed by atoms with E-state index in [0.717, 1.165) is 18.4 Å². The summed E-state index contributed by atoms with van der Waals surface area (Å²) in [6, 6.07) is 5.29. The van der Waals surface area contributed by atoms with Gasteiger partial charge in [-0.05, 0) is 30.5 Å². The van der Waals surface area contributed by atoms with Crippen molar-refractivity contribution in [3.63, 3.8) is 0 Å². The van der Waals surface area contributed by atoms with E-state index in [1.165, 1.54) is 25.0 Å². The molecule has 1 aliphatic rings. The quantitative estimate of drug-likeness (QED) is 0.906. The molecular weight excluding hydrogens is 233 g/mol. The molecule has 0 atom stereocenters. The molecular formula is C14H14FNO2. The smallest absolute Gasteiger partial charge is 0.254 e. The number of fused-ring (bicyclic) bond motifs is 1. The van der Waals surface area contributed by atoms with Crippen LogP contribution in [0.1, 0.15) is 19.3 Å². The Bertz CT molecular complexity index is 659. The minimum Gasteiger partial charge on any atom is -0.507 e. The van der Waals surface area contributed by atoms with Gasteiger partial charge in [0.2, 0.25) is 0 Å². The molecule has 0 bridgehead atoms. The molecule has 94 valence electrons. The maximum atomic E-state index is 13.2. The van der Waals surface area contributed by atoms with E-state index < -0.39 is 5.82 Å². The van der Waals surface area contributed by atoms with Gasteiger partial charge in [0.1, 0.15) is 11.6 Å². The molecule has 1 heterocycles. The second-order valence-electron chi connectivity index (χ2n) is 4.91. The summed E-state index contributed by atoms with van der Waals surface area (Å²) in [5.74, 6) is 0.156. The van der Waals surface area contributed by atoms with Crippen LogP contribution in [0.25, 0.3) is 10.9 Å². The van der Waals surface area contributed by atoms with Crippen LogP contribution in [-0.4, -0.2) is 9.67 Å². The molecule has 1 aliphatic carbocycles. The number of aromatic nitrogens is 1. The van der Waals surface area contributed by atoms with Gasteiger partial charge in [0.25, 0.3) is 5.56 Å². The molecule has 0 amide bonds. The molecule has 1 aromatic heterocycles. The Hall–Kier alpha value is -1.84. The lowest BCUT2D eigenvalue weighted by molar-refractivity contribution is 0.477. The Morgan fingerprint density at radius 1 is 1.33 bits per heavy atom. The number of halogens is 1. The van der Waals surface area contributed by atoms with Crippen LogP contribution in [-0.2, 0) is 6.54 Å². The molecule has 0 spiro atoms. The lowest BCUT2D eigenvalue weighted by Crippen LogP contribution is -2.19. The fraction of sp³-hybridized carbons (Fsp3) is 0.357. The van der Waals surface area contributed by atoms with Crippen molar-refractivity contribution in [2.45, 2.75) is 25.8 Å². The number of hydrogen-bond acceptors (Lipinski definition) is 2. The van der Waals surface area contributed by atoms with Gasteiger partial charge in [-0.1, -0.05) is 12.8 Å². The number of rotatable bonds is 3. The van der Waals surface area contributed by atoms with E-state index in [4.69, 9.17) is 0 Å². The van der Waals surface area contributed by atoms with E-state index in [1.54, 1.807) is 10.6 Å². The minimum absolute atomic E-state index is 0.155. The molecule has 1 fully saturated rings. The van der Waals surface area contributed by atoms with Crippen molar-refractivity contribution in [2.24, 2.45) is 5.92 Å². The highest BCUT2D eigenvalue weighted by Gasteiger charge is 2.21. The number of benzene rings is 1. The molecule has 1 N–H and O–H groups in total.